The van der Waals surface area contributed by atoms with Crippen molar-refractivity contribution in [2.24, 2.45) is 10.9 Å². The average Bonchev–Trinajstić information content (AvgIpc) is 3.30. The smallest absolute Gasteiger partial charge is 0.315 e. The van der Waals surface area contributed by atoms with E-state index in [9.17, 15) is 9.59 Å². The molecule has 1 heterocycles. The van der Waals surface area contributed by atoms with E-state index in [4.69, 9.17) is 23.9 Å². The fraction of sp³-hybridized carbons (Fsp3) is 0.560. The van der Waals surface area contributed by atoms with Crippen molar-refractivity contribution < 1.29 is 28.5 Å². The van der Waals surface area contributed by atoms with Gasteiger partial charge in [0.2, 0.25) is 5.75 Å². The molecule has 7 heteroatoms. The number of nitrogens with zero attached hydrogens (tertiary/aromatic N) is 1. The molecular weight excluding hydrogens is 410 g/mol. The van der Waals surface area contributed by atoms with Crippen LogP contribution >= 0.6 is 0 Å². The van der Waals surface area contributed by atoms with Gasteiger partial charge in [0.15, 0.2) is 17.3 Å². The van der Waals surface area contributed by atoms with Gasteiger partial charge in [0.1, 0.15) is 12.0 Å². The molecule has 4 rings (SSSR count). The van der Waals surface area contributed by atoms with Crippen LogP contribution in [0.5, 0.6) is 17.2 Å². The molecule has 172 valence electrons. The van der Waals surface area contributed by atoms with Crippen LogP contribution in [0, 0.1) is 5.92 Å². The molecule has 7 nitrogen and oxygen atoms in total. The quantitative estimate of drug-likeness (QED) is 0.609. The standard InChI is InChI=1S/C25H31NO6/c1-14-20(25(28)32-15-8-5-6-9-15)21(22-17(26-14)10-7-11-18(22)27)16-12-13-19(29-2)24(31-4)23(16)30-3/h12-13,15,20-21H,5-11H2,1-4H3/t20?,21-/m1/s1. The number of esters is 1. The monoisotopic (exact) mass is 441 g/mol. The van der Waals surface area contributed by atoms with Gasteiger partial charge in [-0.1, -0.05) is 6.07 Å². The van der Waals surface area contributed by atoms with E-state index in [1.807, 2.05) is 13.0 Å². The first-order valence-corrected chi connectivity index (χ1v) is 11.3. The highest BCUT2D eigenvalue weighted by Crippen LogP contribution is 2.50. The molecule has 2 aliphatic carbocycles. The number of rotatable bonds is 6. The Morgan fingerprint density at radius 2 is 1.69 bits per heavy atom. The third kappa shape index (κ3) is 3.89. The summed E-state index contributed by atoms with van der Waals surface area (Å²) in [5, 5.41) is 0. The zero-order valence-corrected chi connectivity index (χ0v) is 19.2. The number of benzene rings is 1. The van der Waals surface area contributed by atoms with Crippen molar-refractivity contribution in [2.45, 2.75) is 63.9 Å². The summed E-state index contributed by atoms with van der Waals surface area (Å²) in [6.07, 6.45) is 5.76. The van der Waals surface area contributed by atoms with E-state index in [-0.39, 0.29) is 17.9 Å². The molecule has 0 amide bonds. The van der Waals surface area contributed by atoms with Gasteiger partial charge in [-0.2, -0.15) is 0 Å². The Morgan fingerprint density at radius 1 is 0.969 bits per heavy atom. The van der Waals surface area contributed by atoms with Crippen molar-refractivity contribution in [3.8, 4) is 17.2 Å². The molecule has 32 heavy (non-hydrogen) atoms. The summed E-state index contributed by atoms with van der Waals surface area (Å²) in [5.74, 6) is -0.129. The normalized spacial score (nSPS) is 23.5. The van der Waals surface area contributed by atoms with E-state index in [1.165, 1.54) is 0 Å². The minimum atomic E-state index is -0.691. The first-order valence-electron chi connectivity index (χ1n) is 11.3. The van der Waals surface area contributed by atoms with Crippen molar-refractivity contribution in [3.63, 3.8) is 0 Å². The van der Waals surface area contributed by atoms with Crippen LogP contribution in [-0.4, -0.2) is 44.9 Å². The number of carbonyl (C=O) groups is 2. The van der Waals surface area contributed by atoms with Crippen LogP contribution in [0.1, 0.15) is 63.4 Å². The summed E-state index contributed by atoms with van der Waals surface area (Å²) in [6, 6.07) is 3.64. The predicted octanol–water partition coefficient (Wildman–Crippen LogP) is 4.38. The Bertz CT molecular complexity index is 973. The Morgan fingerprint density at radius 3 is 2.34 bits per heavy atom. The van der Waals surface area contributed by atoms with Gasteiger partial charge in [-0.05, 0) is 51.5 Å². The summed E-state index contributed by atoms with van der Waals surface area (Å²) in [6.45, 7) is 1.85. The number of allylic oxidation sites excluding steroid dienone is 2. The molecule has 0 bridgehead atoms. The molecule has 0 saturated heterocycles. The minimum absolute atomic E-state index is 0.0306. The molecule has 3 aliphatic rings. The van der Waals surface area contributed by atoms with E-state index in [1.54, 1.807) is 27.4 Å². The van der Waals surface area contributed by atoms with Gasteiger partial charge in [-0.25, -0.2) is 0 Å². The maximum Gasteiger partial charge on any atom is 0.315 e. The Labute approximate surface area is 188 Å². The zero-order chi connectivity index (χ0) is 22.8. The molecule has 0 aromatic heterocycles. The number of ether oxygens (including phenoxy) is 4. The SMILES string of the molecule is COc1ccc([C@H]2C3=C(CCCC3=O)N=C(C)C2C(=O)OC2CCCC2)c(OC)c1OC. The fourth-order valence-corrected chi connectivity index (χ4v) is 5.26. The van der Waals surface area contributed by atoms with Crippen molar-refractivity contribution in [1.29, 1.82) is 0 Å². The molecule has 1 saturated carbocycles. The second kappa shape index (κ2) is 9.35. The second-order valence-electron chi connectivity index (χ2n) is 8.61. The molecular formula is C25H31NO6. The number of carbonyl (C=O) groups excluding carboxylic acids is 2. The van der Waals surface area contributed by atoms with Gasteiger partial charge < -0.3 is 18.9 Å². The number of hydrogen-bond donors (Lipinski definition) is 0. The third-order valence-electron chi connectivity index (χ3n) is 6.74. The lowest BCUT2D eigenvalue weighted by atomic mass is 9.71. The Kier molecular flexibility index (Phi) is 6.53. The highest BCUT2D eigenvalue weighted by Gasteiger charge is 2.45. The molecule has 2 atom stereocenters. The van der Waals surface area contributed by atoms with Gasteiger partial charge in [-0.3, -0.25) is 14.6 Å². The van der Waals surface area contributed by atoms with Crippen LogP contribution in [-0.2, 0) is 14.3 Å². The number of Topliss-reactive ketones (excluding diaryl/α,β-unsaturated/α-hetero) is 1. The highest BCUT2D eigenvalue weighted by molar-refractivity contribution is 6.09. The summed E-state index contributed by atoms with van der Waals surface area (Å²) in [5.41, 5.74) is 2.74. The highest BCUT2D eigenvalue weighted by atomic mass is 16.5. The number of ketones is 1. The molecule has 1 fully saturated rings. The van der Waals surface area contributed by atoms with Crippen LogP contribution in [0.25, 0.3) is 0 Å². The van der Waals surface area contributed by atoms with Crippen LogP contribution in [0.4, 0.5) is 0 Å². The number of methoxy groups -OCH3 is 3. The van der Waals surface area contributed by atoms with Crippen molar-refractivity contribution in [1.82, 2.24) is 0 Å². The molecule has 0 spiro atoms. The lowest BCUT2D eigenvalue weighted by Gasteiger charge is -2.35. The molecule has 1 unspecified atom stereocenters. The molecule has 1 aromatic rings. The molecule has 1 aliphatic heterocycles. The zero-order valence-electron chi connectivity index (χ0n) is 19.2. The maximum absolute atomic E-state index is 13.5. The summed E-state index contributed by atoms with van der Waals surface area (Å²) in [7, 11) is 4.65. The van der Waals surface area contributed by atoms with E-state index in [2.05, 4.69) is 0 Å². The van der Waals surface area contributed by atoms with Crippen LogP contribution in [0.2, 0.25) is 0 Å². The van der Waals surface area contributed by atoms with E-state index in [0.717, 1.165) is 44.2 Å². The summed E-state index contributed by atoms with van der Waals surface area (Å²) < 4.78 is 22.7. The second-order valence-corrected chi connectivity index (χ2v) is 8.61. The van der Waals surface area contributed by atoms with Gasteiger partial charge in [0, 0.05) is 34.9 Å². The van der Waals surface area contributed by atoms with Crippen LogP contribution in [0.3, 0.4) is 0 Å². The van der Waals surface area contributed by atoms with Crippen LogP contribution in [0.15, 0.2) is 28.4 Å². The Hall–Kier alpha value is -2.83. The van der Waals surface area contributed by atoms with E-state index >= 15 is 0 Å². The van der Waals surface area contributed by atoms with Crippen molar-refractivity contribution in [3.05, 3.63) is 29.0 Å². The lowest BCUT2D eigenvalue weighted by Crippen LogP contribution is -2.38. The van der Waals surface area contributed by atoms with Crippen LogP contribution < -0.4 is 14.2 Å². The fourth-order valence-electron chi connectivity index (χ4n) is 5.26. The summed E-state index contributed by atoms with van der Waals surface area (Å²) >= 11 is 0. The van der Waals surface area contributed by atoms with Crippen molar-refractivity contribution >= 4 is 17.5 Å². The van der Waals surface area contributed by atoms with Gasteiger partial charge >= 0.3 is 5.97 Å². The van der Waals surface area contributed by atoms with Gasteiger partial charge in [0.25, 0.3) is 0 Å². The lowest BCUT2D eigenvalue weighted by molar-refractivity contribution is -0.151. The number of hydrogen-bond acceptors (Lipinski definition) is 7. The molecule has 0 N–H and O–H groups in total. The minimum Gasteiger partial charge on any atom is -0.493 e. The summed E-state index contributed by atoms with van der Waals surface area (Å²) in [4.78, 5) is 31.3. The van der Waals surface area contributed by atoms with E-state index in [0.29, 0.717) is 40.5 Å². The van der Waals surface area contributed by atoms with E-state index < -0.39 is 11.8 Å². The van der Waals surface area contributed by atoms with Crippen molar-refractivity contribution in [2.75, 3.05) is 21.3 Å². The molecule has 0 radical (unpaired) electrons. The van der Waals surface area contributed by atoms with Gasteiger partial charge in [-0.15, -0.1) is 0 Å². The topological polar surface area (TPSA) is 83.4 Å². The Balaban J connectivity index is 1.86. The first-order chi connectivity index (χ1) is 15.5. The average molecular weight is 442 g/mol. The maximum atomic E-state index is 13.5. The van der Waals surface area contributed by atoms with Gasteiger partial charge in [0.05, 0.1) is 21.3 Å². The molecule has 1 aromatic carbocycles. The number of aliphatic imine (C=N–C) groups is 1. The first kappa shape index (κ1) is 22.4. The third-order valence-corrected chi connectivity index (χ3v) is 6.74. The largest absolute Gasteiger partial charge is 0.493 e. The predicted molar refractivity (Wildman–Crippen MR) is 120 cm³/mol.